The molecule has 0 saturated carbocycles. The summed E-state index contributed by atoms with van der Waals surface area (Å²) < 4.78 is 5.95. The summed E-state index contributed by atoms with van der Waals surface area (Å²) in [6, 6.07) is 9.34. The minimum Gasteiger partial charge on any atom is -0.481 e. The van der Waals surface area contributed by atoms with Crippen molar-refractivity contribution < 1.29 is 4.74 Å². The number of hydrogen-bond acceptors (Lipinski definition) is 3. The molecule has 0 bridgehead atoms. The highest BCUT2D eigenvalue weighted by molar-refractivity contribution is 9.10. The number of methoxy groups -OCH3 is 1. The Labute approximate surface area is 95.4 Å². The molecule has 0 radical (unpaired) electrons. The zero-order valence-electron chi connectivity index (χ0n) is 7.99. The third-order valence-electron chi connectivity index (χ3n) is 2.11. The summed E-state index contributed by atoms with van der Waals surface area (Å²) in [5.41, 5.74) is 1.21. The van der Waals surface area contributed by atoms with Crippen LogP contribution in [0.5, 0.6) is 5.88 Å². The quantitative estimate of drug-likeness (QED) is 0.794. The minimum atomic E-state index is 0.511. The summed E-state index contributed by atoms with van der Waals surface area (Å²) in [6.07, 6.45) is 0. The molecule has 0 aliphatic heterocycles. The van der Waals surface area contributed by atoms with Crippen LogP contribution in [0.4, 0.5) is 0 Å². The highest BCUT2D eigenvalue weighted by Gasteiger charge is 2.06. The number of rotatable bonds is 1. The van der Waals surface area contributed by atoms with Crippen LogP contribution in [-0.2, 0) is 0 Å². The number of pyridine rings is 1. The SMILES string of the molecule is COc1ccc2c(Br)ccc(C#N)c2n1. The molecule has 0 amide bonds. The molecule has 15 heavy (non-hydrogen) atoms. The summed E-state index contributed by atoms with van der Waals surface area (Å²) in [4.78, 5) is 4.25. The predicted molar refractivity (Wildman–Crippen MR) is 60.7 cm³/mol. The molecule has 2 aromatic rings. The maximum absolute atomic E-state index is 8.94. The van der Waals surface area contributed by atoms with E-state index in [1.807, 2.05) is 12.1 Å². The fourth-order valence-corrected chi connectivity index (χ4v) is 1.82. The van der Waals surface area contributed by atoms with Gasteiger partial charge < -0.3 is 4.74 Å². The molecule has 0 fully saturated rings. The van der Waals surface area contributed by atoms with Crippen molar-refractivity contribution >= 4 is 26.8 Å². The van der Waals surface area contributed by atoms with E-state index in [2.05, 4.69) is 27.0 Å². The Morgan fingerprint density at radius 2 is 2.13 bits per heavy atom. The fourth-order valence-electron chi connectivity index (χ4n) is 1.37. The number of aromatic nitrogens is 1. The van der Waals surface area contributed by atoms with Crippen LogP contribution in [0.1, 0.15) is 5.56 Å². The highest BCUT2D eigenvalue weighted by atomic mass is 79.9. The first-order valence-corrected chi connectivity index (χ1v) is 5.09. The number of ether oxygens (including phenoxy) is 1. The summed E-state index contributed by atoms with van der Waals surface area (Å²) in [5, 5.41) is 9.86. The molecule has 0 unspecified atom stereocenters. The summed E-state index contributed by atoms with van der Waals surface area (Å²) in [7, 11) is 1.55. The topological polar surface area (TPSA) is 45.9 Å². The lowest BCUT2D eigenvalue weighted by Gasteiger charge is -2.04. The second kappa shape index (κ2) is 3.87. The van der Waals surface area contributed by atoms with Crippen LogP contribution < -0.4 is 4.74 Å². The molecule has 74 valence electrons. The van der Waals surface area contributed by atoms with Crippen molar-refractivity contribution in [1.82, 2.24) is 4.98 Å². The fraction of sp³-hybridized carbons (Fsp3) is 0.0909. The molecule has 3 nitrogen and oxygen atoms in total. The lowest BCUT2D eigenvalue weighted by Crippen LogP contribution is -1.90. The Kier molecular flexibility index (Phi) is 2.57. The number of benzene rings is 1. The molecule has 1 aromatic heterocycles. The second-order valence-corrected chi connectivity index (χ2v) is 3.81. The van der Waals surface area contributed by atoms with Crippen LogP contribution in [0.15, 0.2) is 28.7 Å². The molecular weight excluding hydrogens is 256 g/mol. The van der Waals surface area contributed by atoms with Crippen LogP contribution in [0, 0.1) is 11.3 Å². The van der Waals surface area contributed by atoms with Crippen molar-refractivity contribution in [2.24, 2.45) is 0 Å². The van der Waals surface area contributed by atoms with E-state index in [0.29, 0.717) is 17.0 Å². The average molecular weight is 263 g/mol. The van der Waals surface area contributed by atoms with Gasteiger partial charge in [0.15, 0.2) is 0 Å². The third kappa shape index (κ3) is 1.66. The largest absolute Gasteiger partial charge is 0.481 e. The first kappa shape index (κ1) is 9.94. The Morgan fingerprint density at radius 3 is 2.80 bits per heavy atom. The van der Waals surface area contributed by atoms with Gasteiger partial charge in [0.2, 0.25) is 5.88 Å². The van der Waals surface area contributed by atoms with Crippen molar-refractivity contribution in [2.75, 3.05) is 7.11 Å². The first-order valence-electron chi connectivity index (χ1n) is 4.29. The molecular formula is C11H7BrN2O. The zero-order chi connectivity index (χ0) is 10.8. The van der Waals surface area contributed by atoms with Crippen molar-refractivity contribution in [3.8, 4) is 11.9 Å². The van der Waals surface area contributed by atoms with Crippen LogP contribution in [0.3, 0.4) is 0 Å². The predicted octanol–water partition coefficient (Wildman–Crippen LogP) is 2.88. The van der Waals surface area contributed by atoms with Gasteiger partial charge in [-0.3, -0.25) is 0 Å². The van der Waals surface area contributed by atoms with E-state index in [4.69, 9.17) is 10.00 Å². The maximum atomic E-state index is 8.94. The lowest BCUT2D eigenvalue weighted by molar-refractivity contribution is 0.399. The van der Waals surface area contributed by atoms with Gasteiger partial charge in [-0.25, -0.2) is 4.98 Å². The molecule has 4 heteroatoms. The van der Waals surface area contributed by atoms with E-state index in [1.54, 1.807) is 19.2 Å². The Bertz CT molecular complexity index is 560. The van der Waals surface area contributed by atoms with Gasteiger partial charge in [-0.1, -0.05) is 15.9 Å². The Balaban J connectivity index is 2.84. The Morgan fingerprint density at radius 1 is 1.33 bits per heavy atom. The highest BCUT2D eigenvalue weighted by Crippen LogP contribution is 2.26. The maximum Gasteiger partial charge on any atom is 0.213 e. The second-order valence-electron chi connectivity index (χ2n) is 2.96. The van der Waals surface area contributed by atoms with E-state index in [9.17, 15) is 0 Å². The molecule has 0 atom stereocenters. The molecule has 0 aliphatic rings. The minimum absolute atomic E-state index is 0.511. The number of halogens is 1. The number of nitrogens with zero attached hydrogens (tertiary/aromatic N) is 2. The van der Waals surface area contributed by atoms with Gasteiger partial charge in [-0.15, -0.1) is 0 Å². The van der Waals surface area contributed by atoms with Gasteiger partial charge in [0.25, 0.3) is 0 Å². The molecule has 2 rings (SSSR count). The average Bonchev–Trinajstić information content (AvgIpc) is 2.29. The number of fused-ring (bicyclic) bond motifs is 1. The summed E-state index contributed by atoms with van der Waals surface area (Å²) in [5.74, 6) is 0.511. The van der Waals surface area contributed by atoms with Gasteiger partial charge in [0.05, 0.1) is 18.2 Å². The van der Waals surface area contributed by atoms with E-state index in [1.165, 1.54) is 0 Å². The monoisotopic (exact) mass is 262 g/mol. The van der Waals surface area contributed by atoms with E-state index in [-0.39, 0.29) is 0 Å². The van der Waals surface area contributed by atoms with E-state index in [0.717, 1.165) is 9.86 Å². The van der Waals surface area contributed by atoms with E-state index < -0.39 is 0 Å². The van der Waals surface area contributed by atoms with Crippen LogP contribution in [0.25, 0.3) is 10.9 Å². The first-order chi connectivity index (χ1) is 7.26. The Hall–Kier alpha value is -1.60. The van der Waals surface area contributed by atoms with Gasteiger partial charge in [-0.2, -0.15) is 5.26 Å². The van der Waals surface area contributed by atoms with Crippen molar-refractivity contribution in [2.45, 2.75) is 0 Å². The molecule has 0 spiro atoms. The smallest absolute Gasteiger partial charge is 0.213 e. The van der Waals surface area contributed by atoms with Crippen LogP contribution in [-0.4, -0.2) is 12.1 Å². The standard InChI is InChI=1S/C11H7BrN2O/c1-15-10-5-3-8-9(12)4-2-7(6-13)11(8)14-10/h2-5H,1H3. The lowest BCUT2D eigenvalue weighted by atomic mass is 10.1. The molecule has 1 aromatic carbocycles. The molecule has 0 saturated heterocycles. The van der Waals surface area contributed by atoms with Crippen LogP contribution >= 0.6 is 15.9 Å². The van der Waals surface area contributed by atoms with Crippen LogP contribution in [0.2, 0.25) is 0 Å². The van der Waals surface area contributed by atoms with Crippen molar-refractivity contribution in [3.63, 3.8) is 0 Å². The molecule has 0 aliphatic carbocycles. The number of hydrogen-bond donors (Lipinski definition) is 0. The summed E-state index contributed by atoms with van der Waals surface area (Å²) in [6.45, 7) is 0. The number of nitriles is 1. The van der Waals surface area contributed by atoms with E-state index >= 15 is 0 Å². The van der Waals surface area contributed by atoms with Gasteiger partial charge in [-0.05, 0) is 18.2 Å². The normalized spacial score (nSPS) is 9.93. The van der Waals surface area contributed by atoms with Gasteiger partial charge >= 0.3 is 0 Å². The van der Waals surface area contributed by atoms with Gasteiger partial charge in [0.1, 0.15) is 6.07 Å². The third-order valence-corrected chi connectivity index (χ3v) is 2.80. The molecule has 0 N–H and O–H groups in total. The van der Waals surface area contributed by atoms with Crippen molar-refractivity contribution in [1.29, 1.82) is 5.26 Å². The van der Waals surface area contributed by atoms with Gasteiger partial charge in [0, 0.05) is 15.9 Å². The summed E-state index contributed by atoms with van der Waals surface area (Å²) >= 11 is 3.42. The zero-order valence-corrected chi connectivity index (χ0v) is 9.58. The molecule has 1 heterocycles. The van der Waals surface area contributed by atoms with Crippen molar-refractivity contribution in [3.05, 3.63) is 34.3 Å².